The predicted octanol–water partition coefficient (Wildman–Crippen LogP) is 6.02. The summed E-state index contributed by atoms with van der Waals surface area (Å²) in [5.74, 6) is 0.724. The van der Waals surface area contributed by atoms with Crippen molar-refractivity contribution >= 4 is 33.5 Å². The quantitative estimate of drug-likeness (QED) is 0.379. The molecule has 2 N–H and O–H groups in total. The van der Waals surface area contributed by atoms with E-state index in [1.807, 2.05) is 0 Å². The van der Waals surface area contributed by atoms with E-state index in [0.717, 1.165) is 32.4 Å². The first-order valence-corrected chi connectivity index (χ1v) is 11.3. The molecule has 9 heteroatoms. The fraction of sp³-hybridized carbons (Fsp3) is 0.333. The Hall–Kier alpha value is -2.84. The number of hydrogen-bond donors (Lipinski definition) is 2. The molecule has 5 nitrogen and oxygen atoms in total. The number of rotatable bonds is 4. The van der Waals surface area contributed by atoms with E-state index in [9.17, 15) is 18.3 Å². The molecule has 0 atom stereocenters. The van der Waals surface area contributed by atoms with Crippen molar-refractivity contribution < 1.29 is 18.3 Å². The minimum Gasteiger partial charge on any atom is -0.507 e. The Morgan fingerprint density at radius 1 is 1.09 bits per heavy atom. The van der Waals surface area contributed by atoms with Crippen LogP contribution in [0.15, 0.2) is 42.5 Å². The highest BCUT2D eigenvalue weighted by atomic mass is 35.5. The number of benzene rings is 2. The van der Waals surface area contributed by atoms with Crippen molar-refractivity contribution in [1.29, 1.82) is 0 Å². The molecule has 2 aromatic heterocycles. The molecule has 33 heavy (non-hydrogen) atoms. The zero-order valence-electron chi connectivity index (χ0n) is 17.7. The first kappa shape index (κ1) is 22.0. The van der Waals surface area contributed by atoms with Crippen LogP contribution in [0.1, 0.15) is 25.0 Å². The van der Waals surface area contributed by atoms with E-state index in [4.69, 9.17) is 11.6 Å². The maximum absolute atomic E-state index is 14.0. The highest BCUT2D eigenvalue weighted by molar-refractivity contribution is 6.31. The third kappa shape index (κ3) is 4.13. The topological polar surface area (TPSA) is 63.0 Å². The molecule has 172 valence electrons. The molecule has 1 saturated heterocycles. The number of aromatic nitrogens is 3. The van der Waals surface area contributed by atoms with Crippen LogP contribution in [0.4, 0.5) is 13.2 Å². The highest BCUT2D eigenvalue weighted by Gasteiger charge is 2.38. The van der Waals surface area contributed by atoms with Gasteiger partial charge in [-0.2, -0.15) is 13.2 Å². The Labute approximate surface area is 193 Å². The zero-order valence-corrected chi connectivity index (χ0v) is 18.4. The Bertz CT molecular complexity index is 1330. The van der Waals surface area contributed by atoms with Crippen LogP contribution in [0.3, 0.4) is 0 Å². The maximum Gasteiger partial charge on any atom is 0.435 e. The monoisotopic (exact) mass is 474 g/mol. The molecule has 0 saturated carbocycles. The molecular formula is C24H22ClF3N4O. The molecule has 4 aromatic rings. The standard InChI is InChI=1S/C24H22ClF3N4O/c25-15-5-6-16-18(13-15)30-22(24(26,27)28)20-21(16)32(12-9-14-7-10-29-11-8-14)23(31-20)17-3-1-2-4-19(17)33/h1-6,13-14,29,33H,7-12H2. The molecule has 1 fully saturated rings. The number of halogens is 4. The molecule has 0 unspecified atom stereocenters. The van der Waals surface area contributed by atoms with Crippen LogP contribution in [0.25, 0.3) is 33.3 Å². The lowest BCUT2D eigenvalue weighted by atomic mass is 9.94. The number of fused-ring (bicyclic) bond motifs is 3. The highest BCUT2D eigenvalue weighted by Crippen LogP contribution is 2.40. The van der Waals surface area contributed by atoms with Crippen LogP contribution in [-0.2, 0) is 12.7 Å². The van der Waals surface area contributed by atoms with Crippen molar-refractivity contribution in [1.82, 2.24) is 19.9 Å². The summed E-state index contributed by atoms with van der Waals surface area (Å²) in [5, 5.41) is 14.7. The average molecular weight is 475 g/mol. The molecule has 1 aliphatic heterocycles. The van der Waals surface area contributed by atoms with Gasteiger partial charge in [-0.15, -0.1) is 0 Å². The van der Waals surface area contributed by atoms with Gasteiger partial charge in [-0.1, -0.05) is 23.7 Å². The van der Waals surface area contributed by atoms with E-state index in [1.54, 1.807) is 34.9 Å². The number of hydrogen-bond acceptors (Lipinski definition) is 4. The second kappa shape index (κ2) is 8.50. The molecule has 0 spiro atoms. The first-order valence-electron chi connectivity index (χ1n) is 10.9. The van der Waals surface area contributed by atoms with Gasteiger partial charge in [-0.25, -0.2) is 9.97 Å². The van der Waals surface area contributed by atoms with E-state index >= 15 is 0 Å². The summed E-state index contributed by atoms with van der Waals surface area (Å²) >= 11 is 6.08. The van der Waals surface area contributed by atoms with Gasteiger partial charge in [0.15, 0.2) is 5.69 Å². The number of phenols is 1. The molecule has 5 rings (SSSR count). The summed E-state index contributed by atoms with van der Waals surface area (Å²) in [6, 6.07) is 11.3. The lowest BCUT2D eigenvalue weighted by molar-refractivity contribution is -0.139. The number of nitrogens with one attached hydrogen (secondary N) is 1. The molecule has 3 heterocycles. The van der Waals surface area contributed by atoms with Crippen LogP contribution in [0.2, 0.25) is 5.02 Å². The Kier molecular flexibility index (Phi) is 5.66. The lowest BCUT2D eigenvalue weighted by Crippen LogP contribution is -2.28. The first-order chi connectivity index (χ1) is 15.8. The summed E-state index contributed by atoms with van der Waals surface area (Å²) in [4.78, 5) is 8.32. The van der Waals surface area contributed by atoms with E-state index < -0.39 is 11.9 Å². The second-order valence-corrected chi connectivity index (χ2v) is 8.84. The number of alkyl halides is 3. The number of nitrogens with zero attached hydrogens (tertiary/aromatic N) is 3. The Balaban J connectivity index is 1.79. The van der Waals surface area contributed by atoms with Crippen molar-refractivity contribution in [3.63, 3.8) is 0 Å². The third-order valence-corrected chi connectivity index (χ3v) is 6.51. The van der Waals surface area contributed by atoms with Gasteiger partial charge in [0.05, 0.1) is 16.6 Å². The smallest absolute Gasteiger partial charge is 0.435 e. The van der Waals surface area contributed by atoms with Gasteiger partial charge >= 0.3 is 6.18 Å². The van der Waals surface area contributed by atoms with Crippen molar-refractivity contribution in [2.45, 2.75) is 32.0 Å². The van der Waals surface area contributed by atoms with E-state index in [-0.39, 0.29) is 16.8 Å². The minimum absolute atomic E-state index is 0.0372. The fourth-order valence-corrected chi connectivity index (χ4v) is 4.79. The van der Waals surface area contributed by atoms with Crippen LogP contribution in [0, 0.1) is 5.92 Å². The molecule has 0 amide bonds. The summed E-state index contributed by atoms with van der Waals surface area (Å²) in [6.45, 7) is 2.35. The molecular weight excluding hydrogens is 453 g/mol. The fourth-order valence-electron chi connectivity index (χ4n) is 4.63. The Morgan fingerprint density at radius 3 is 2.58 bits per heavy atom. The van der Waals surface area contributed by atoms with Gasteiger partial charge in [0.25, 0.3) is 0 Å². The number of imidazole rings is 1. The zero-order chi connectivity index (χ0) is 23.2. The Morgan fingerprint density at radius 2 is 1.85 bits per heavy atom. The second-order valence-electron chi connectivity index (χ2n) is 8.40. The number of aromatic hydroxyl groups is 1. The average Bonchev–Trinajstić information content (AvgIpc) is 3.16. The number of piperidine rings is 1. The molecule has 2 aromatic carbocycles. The van der Waals surface area contributed by atoms with Crippen LogP contribution < -0.4 is 5.32 Å². The lowest BCUT2D eigenvalue weighted by Gasteiger charge is -2.23. The van der Waals surface area contributed by atoms with Gasteiger partial charge in [0.1, 0.15) is 17.1 Å². The van der Waals surface area contributed by atoms with E-state index in [0.29, 0.717) is 39.8 Å². The molecule has 0 radical (unpaired) electrons. The van der Waals surface area contributed by atoms with Gasteiger partial charge in [0.2, 0.25) is 0 Å². The summed E-state index contributed by atoms with van der Waals surface area (Å²) in [5.41, 5.74) is -0.370. The van der Waals surface area contributed by atoms with Crippen LogP contribution in [0.5, 0.6) is 5.75 Å². The third-order valence-electron chi connectivity index (χ3n) is 6.27. The maximum atomic E-state index is 14.0. The van der Waals surface area contributed by atoms with Crippen LogP contribution >= 0.6 is 11.6 Å². The SMILES string of the molecule is Oc1ccccc1-c1nc2c(C(F)(F)F)nc3cc(Cl)ccc3c2n1CCC1CCNCC1. The van der Waals surface area contributed by atoms with Gasteiger partial charge in [-0.05, 0) is 68.6 Å². The van der Waals surface area contributed by atoms with E-state index in [1.165, 1.54) is 12.1 Å². The summed E-state index contributed by atoms with van der Waals surface area (Å²) < 4.78 is 43.9. The molecule has 0 aliphatic carbocycles. The normalized spacial score (nSPS) is 15.5. The van der Waals surface area contributed by atoms with Crippen molar-refractivity contribution in [2.75, 3.05) is 13.1 Å². The summed E-state index contributed by atoms with van der Waals surface area (Å²) in [6.07, 6.45) is -1.86. The number of pyridine rings is 1. The van der Waals surface area contributed by atoms with Crippen molar-refractivity contribution in [2.24, 2.45) is 5.92 Å². The van der Waals surface area contributed by atoms with Crippen molar-refractivity contribution in [3.8, 4) is 17.1 Å². The van der Waals surface area contributed by atoms with Crippen molar-refractivity contribution in [3.05, 3.63) is 53.2 Å². The van der Waals surface area contributed by atoms with E-state index in [2.05, 4.69) is 15.3 Å². The molecule has 0 bridgehead atoms. The van der Waals surface area contributed by atoms with Gasteiger partial charge in [-0.3, -0.25) is 0 Å². The van der Waals surface area contributed by atoms with Gasteiger partial charge < -0.3 is 15.0 Å². The number of phenolic OH excluding ortho intramolecular Hbond substituents is 1. The van der Waals surface area contributed by atoms with Crippen LogP contribution in [-0.4, -0.2) is 32.7 Å². The van der Waals surface area contributed by atoms with Gasteiger partial charge in [0, 0.05) is 17.0 Å². The number of aryl methyl sites for hydroxylation is 1. The predicted molar refractivity (Wildman–Crippen MR) is 122 cm³/mol. The molecule has 1 aliphatic rings. The summed E-state index contributed by atoms with van der Waals surface area (Å²) in [7, 11) is 0. The largest absolute Gasteiger partial charge is 0.507 e. The minimum atomic E-state index is -4.70. The number of para-hydroxylation sites is 1.